The van der Waals surface area contributed by atoms with E-state index in [0.717, 1.165) is 12.2 Å². The number of aromatic nitrogens is 2. The zero-order valence-electron chi connectivity index (χ0n) is 10.7. The summed E-state index contributed by atoms with van der Waals surface area (Å²) < 4.78 is 2.03. The van der Waals surface area contributed by atoms with E-state index in [1.807, 2.05) is 11.5 Å². The molecule has 6 heteroatoms. The van der Waals surface area contributed by atoms with Crippen LogP contribution in [0, 0.1) is 10.1 Å². The molecule has 19 heavy (non-hydrogen) atoms. The third kappa shape index (κ3) is 3.17. The van der Waals surface area contributed by atoms with E-state index in [-0.39, 0.29) is 10.6 Å². The standard InChI is InChI=1S/C13H16N4O2/c1-2-16-10-15-9-12(16)8-14-7-11-5-3-4-6-13(11)17(18)19/h3-6,9-10,14H,2,7-8H2,1H3. The van der Waals surface area contributed by atoms with Crippen molar-refractivity contribution >= 4 is 5.69 Å². The Morgan fingerprint density at radius 3 is 2.89 bits per heavy atom. The second-order valence-corrected chi connectivity index (χ2v) is 4.16. The minimum Gasteiger partial charge on any atom is -0.334 e. The van der Waals surface area contributed by atoms with Crippen LogP contribution in [0.15, 0.2) is 36.8 Å². The molecule has 0 saturated heterocycles. The Morgan fingerprint density at radius 2 is 2.16 bits per heavy atom. The molecule has 2 rings (SSSR count). The normalized spacial score (nSPS) is 10.6. The van der Waals surface area contributed by atoms with Gasteiger partial charge in [-0.1, -0.05) is 18.2 Å². The molecule has 0 spiro atoms. The molecule has 0 aliphatic carbocycles. The summed E-state index contributed by atoms with van der Waals surface area (Å²) in [6.45, 7) is 4.02. The van der Waals surface area contributed by atoms with Crippen LogP contribution in [0.25, 0.3) is 0 Å². The molecule has 0 atom stereocenters. The van der Waals surface area contributed by atoms with E-state index in [1.54, 1.807) is 30.7 Å². The first-order valence-corrected chi connectivity index (χ1v) is 6.14. The zero-order valence-corrected chi connectivity index (χ0v) is 10.7. The number of para-hydroxylation sites is 1. The van der Waals surface area contributed by atoms with Crippen LogP contribution < -0.4 is 5.32 Å². The minimum absolute atomic E-state index is 0.152. The summed E-state index contributed by atoms with van der Waals surface area (Å²) in [5, 5.41) is 14.1. The average molecular weight is 260 g/mol. The van der Waals surface area contributed by atoms with Crippen molar-refractivity contribution in [2.24, 2.45) is 0 Å². The molecule has 100 valence electrons. The van der Waals surface area contributed by atoms with Crippen LogP contribution in [0.5, 0.6) is 0 Å². The lowest BCUT2D eigenvalue weighted by Crippen LogP contribution is -2.16. The molecule has 0 radical (unpaired) electrons. The van der Waals surface area contributed by atoms with Gasteiger partial charge < -0.3 is 9.88 Å². The maximum absolute atomic E-state index is 10.9. The van der Waals surface area contributed by atoms with Crippen LogP contribution in [0.4, 0.5) is 5.69 Å². The van der Waals surface area contributed by atoms with Gasteiger partial charge in [0.15, 0.2) is 0 Å². The van der Waals surface area contributed by atoms with Gasteiger partial charge in [0.05, 0.1) is 16.9 Å². The maximum atomic E-state index is 10.9. The highest BCUT2D eigenvalue weighted by molar-refractivity contribution is 5.39. The van der Waals surface area contributed by atoms with E-state index in [4.69, 9.17) is 0 Å². The molecule has 0 aliphatic rings. The molecular formula is C13H16N4O2. The van der Waals surface area contributed by atoms with Crippen LogP contribution in [-0.4, -0.2) is 14.5 Å². The largest absolute Gasteiger partial charge is 0.334 e. The van der Waals surface area contributed by atoms with Crippen molar-refractivity contribution in [3.05, 3.63) is 58.2 Å². The lowest BCUT2D eigenvalue weighted by Gasteiger charge is -2.07. The van der Waals surface area contributed by atoms with Gasteiger partial charge in [0.2, 0.25) is 0 Å². The lowest BCUT2D eigenvalue weighted by atomic mass is 10.2. The van der Waals surface area contributed by atoms with Crippen molar-refractivity contribution in [1.29, 1.82) is 0 Å². The van der Waals surface area contributed by atoms with Gasteiger partial charge in [-0.2, -0.15) is 0 Å². The second-order valence-electron chi connectivity index (χ2n) is 4.16. The first-order chi connectivity index (χ1) is 9.22. The molecule has 0 aliphatic heterocycles. The van der Waals surface area contributed by atoms with Gasteiger partial charge in [-0.25, -0.2) is 4.98 Å². The number of nitrogens with zero attached hydrogens (tertiary/aromatic N) is 3. The van der Waals surface area contributed by atoms with Crippen molar-refractivity contribution in [3.8, 4) is 0 Å². The van der Waals surface area contributed by atoms with Gasteiger partial charge in [-0.05, 0) is 6.92 Å². The molecule has 1 N–H and O–H groups in total. The second kappa shape index (κ2) is 6.10. The highest BCUT2D eigenvalue weighted by atomic mass is 16.6. The van der Waals surface area contributed by atoms with Crippen molar-refractivity contribution < 1.29 is 4.92 Å². The number of imidazole rings is 1. The molecule has 0 bridgehead atoms. The molecular weight excluding hydrogens is 244 g/mol. The van der Waals surface area contributed by atoms with Crippen LogP contribution in [0.1, 0.15) is 18.2 Å². The number of nitro groups is 1. The Balaban J connectivity index is 1.98. The molecule has 1 aromatic heterocycles. The first kappa shape index (κ1) is 13.2. The highest BCUT2D eigenvalue weighted by Crippen LogP contribution is 2.17. The van der Waals surface area contributed by atoms with Gasteiger partial charge in [0, 0.05) is 37.5 Å². The van der Waals surface area contributed by atoms with E-state index in [0.29, 0.717) is 18.7 Å². The Hall–Kier alpha value is -2.21. The minimum atomic E-state index is -0.354. The highest BCUT2D eigenvalue weighted by Gasteiger charge is 2.11. The summed E-state index contributed by atoms with van der Waals surface area (Å²) in [7, 11) is 0. The van der Waals surface area contributed by atoms with Gasteiger partial charge in [-0.3, -0.25) is 10.1 Å². The Labute approximate surface area is 111 Å². The molecule has 2 aromatic rings. The number of nitro benzene ring substituents is 1. The van der Waals surface area contributed by atoms with E-state index in [9.17, 15) is 10.1 Å². The van der Waals surface area contributed by atoms with Gasteiger partial charge in [-0.15, -0.1) is 0 Å². The topological polar surface area (TPSA) is 73.0 Å². The number of benzene rings is 1. The van der Waals surface area contributed by atoms with Crippen molar-refractivity contribution in [2.45, 2.75) is 26.6 Å². The summed E-state index contributed by atoms with van der Waals surface area (Å²) in [6.07, 6.45) is 3.58. The summed E-state index contributed by atoms with van der Waals surface area (Å²) in [6, 6.07) is 6.77. The Bertz CT molecular complexity index is 565. The fourth-order valence-corrected chi connectivity index (χ4v) is 1.94. The molecule has 6 nitrogen and oxygen atoms in total. The van der Waals surface area contributed by atoms with Crippen molar-refractivity contribution in [2.75, 3.05) is 0 Å². The fourth-order valence-electron chi connectivity index (χ4n) is 1.94. The predicted octanol–water partition coefficient (Wildman–Crippen LogP) is 2.10. The molecule has 0 amide bonds. The SMILES string of the molecule is CCn1cncc1CNCc1ccccc1[N+](=O)[O-]. The van der Waals surface area contributed by atoms with E-state index >= 15 is 0 Å². The van der Waals surface area contributed by atoms with Gasteiger partial charge in [0.1, 0.15) is 0 Å². The van der Waals surface area contributed by atoms with Gasteiger partial charge in [0.25, 0.3) is 5.69 Å². The first-order valence-electron chi connectivity index (χ1n) is 6.14. The van der Waals surface area contributed by atoms with E-state index in [2.05, 4.69) is 10.3 Å². The molecule has 1 heterocycles. The summed E-state index contributed by atoms with van der Waals surface area (Å²) in [5.74, 6) is 0. The Kier molecular flexibility index (Phi) is 4.25. The average Bonchev–Trinajstić information content (AvgIpc) is 2.86. The van der Waals surface area contributed by atoms with Gasteiger partial charge >= 0.3 is 0 Å². The van der Waals surface area contributed by atoms with Crippen molar-refractivity contribution in [1.82, 2.24) is 14.9 Å². The number of nitrogens with one attached hydrogen (secondary N) is 1. The third-order valence-electron chi connectivity index (χ3n) is 2.95. The van der Waals surface area contributed by atoms with Crippen molar-refractivity contribution in [3.63, 3.8) is 0 Å². The zero-order chi connectivity index (χ0) is 13.7. The summed E-state index contributed by atoms with van der Waals surface area (Å²) >= 11 is 0. The molecule has 0 fully saturated rings. The molecule has 0 unspecified atom stereocenters. The monoisotopic (exact) mass is 260 g/mol. The third-order valence-corrected chi connectivity index (χ3v) is 2.95. The smallest absolute Gasteiger partial charge is 0.273 e. The Morgan fingerprint density at radius 1 is 1.37 bits per heavy atom. The quantitative estimate of drug-likeness (QED) is 0.637. The maximum Gasteiger partial charge on any atom is 0.273 e. The van der Waals surface area contributed by atoms with Crippen LogP contribution in [0.2, 0.25) is 0 Å². The van der Waals surface area contributed by atoms with Crippen LogP contribution in [-0.2, 0) is 19.6 Å². The summed E-state index contributed by atoms with van der Waals surface area (Å²) in [5.41, 5.74) is 1.91. The van der Waals surface area contributed by atoms with Crippen LogP contribution >= 0.6 is 0 Å². The number of aryl methyl sites for hydroxylation is 1. The fraction of sp³-hybridized carbons (Fsp3) is 0.308. The van der Waals surface area contributed by atoms with E-state index in [1.165, 1.54) is 6.07 Å². The molecule has 1 aromatic carbocycles. The van der Waals surface area contributed by atoms with E-state index < -0.39 is 0 Å². The predicted molar refractivity (Wildman–Crippen MR) is 71.5 cm³/mol. The summed E-state index contributed by atoms with van der Waals surface area (Å²) in [4.78, 5) is 14.6. The number of hydrogen-bond acceptors (Lipinski definition) is 4. The molecule has 0 saturated carbocycles. The lowest BCUT2D eigenvalue weighted by molar-refractivity contribution is -0.385. The number of rotatable bonds is 6. The van der Waals surface area contributed by atoms with Crippen LogP contribution in [0.3, 0.4) is 0 Å². The number of hydrogen-bond donors (Lipinski definition) is 1.